The number of pyridine rings is 1. The smallest absolute Gasteiger partial charge is 0.223 e. The first-order valence-corrected chi connectivity index (χ1v) is 9.46. The lowest BCUT2D eigenvalue weighted by atomic mass is 9.87. The third kappa shape index (κ3) is 4.70. The Morgan fingerprint density at radius 2 is 1.78 bits per heavy atom. The van der Waals surface area contributed by atoms with Gasteiger partial charge in [-0.15, -0.1) is 0 Å². The number of guanidine groups is 1. The van der Waals surface area contributed by atoms with Gasteiger partial charge >= 0.3 is 0 Å². The Balaban J connectivity index is 1.68. The molecule has 1 aliphatic heterocycles. The molecule has 1 aromatic carbocycles. The molecule has 2 aromatic rings. The van der Waals surface area contributed by atoms with Crippen LogP contribution < -0.4 is 10.4 Å². The summed E-state index contributed by atoms with van der Waals surface area (Å²) in [5.41, 5.74) is 4.40. The average Bonchev–Trinajstić information content (AvgIpc) is 2.66. The summed E-state index contributed by atoms with van der Waals surface area (Å²) in [4.78, 5) is 13.1. The van der Waals surface area contributed by atoms with E-state index >= 15 is 0 Å². The van der Waals surface area contributed by atoms with Crippen LogP contribution in [0.5, 0.6) is 0 Å². The summed E-state index contributed by atoms with van der Waals surface area (Å²) in [5.74, 6) is 1.25. The number of nitrogens with zero attached hydrogens (tertiary/aromatic N) is 4. The molecule has 27 heavy (non-hydrogen) atoms. The highest BCUT2D eigenvalue weighted by molar-refractivity contribution is 6.32. The minimum atomic E-state index is 0.101. The number of hydrogen-bond donors (Lipinski definition) is 2. The maximum atomic E-state index is 9.58. The van der Waals surface area contributed by atoms with E-state index in [-0.39, 0.29) is 5.41 Å². The van der Waals surface area contributed by atoms with Crippen LogP contribution in [-0.4, -0.2) is 47.2 Å². The van der Waals surface area contributed by atoms with Gasteiger partial charge in [-0.1, -0.05) is 44.5 Å². The summed E-state index contributed by atoms with van der Waals surface area (Å²) in [5, 5.41) is 10.2. The molecule has 0 saturated carbocycles. The molecular formula is C20H26ClN5O. The lowest BCUT2D eigenvalue weighted by Crippen LogP contribution is -2.52. The summed E-state index contributed by atoms with van der Waals surface area (Å²) in [6.45, 7) is 9.46. The molecule has 6 nitrogen and oxygen atoms in total. The first kappa shape index (κ1) is 19.5. The molecule has 0 atom stereocenters. The van der Waals surface area contributed by atoms with Gasteiger partial charge in [0.25, 0.3) is 0 Å². The third-order valence-corrected chi connectivity index (χ3v) is 4.98. The molecule has 3 rings (SSSR count). The van der Waals surface area contributed by atoms with Gasteiger partial charge in [0.2, 0.25) is 5.96 Å². The van der Waals surface area contributed by atoms with E-state index in [4.69, 9.17) is 11.6 Å². The minimum Gasteiger partial charge on any atom is -0.352 e. The summed E-state index contributed by atoms with van der Waals surface area (Å²) in [7, 11) is 0. The summed E-state index contributed by atoms with van der Waals surface area (Å²) in [6.07, 6.45) is 1.75. The molecule has 0 amide bonds. The number of rotatable bonds is 2. The number of aliphatic imine (C=N–C) groups is 1. The number of hydroxylamine groups is 1. The van der Waals surface area contributed by atoms with Crippen molar-refractivity contribution in [3.05, 3.63) is 53.2 Å². The summed E-state index contributed by atoms with van der Waals surface area (Å²) >= 11 is 6.24. The largest absolute Gasteiger partial charge is 0.352 e. The molecule has 1 aliphatic rings. The molecular weight excluding hydrogens is 362 g/mol. The number of halogens is 1. The van der Waals surface area contributed by atoms with E-state index in [2.05, 4.69) is 53.3 Å². The lowest BCUT2D eigenvalue weighted by Gasteiger charge is -2.36. The number of aromatic nitrogens is 1. The highest BCUT2D eigenvalue weighted by Crippen LogP contribution is 2.25. The molecule has 0 bridgehead atoms. The van der Waals surface area contributed by atoms with Gasteiger partial charge in [-0.2, -0.15) is 0 Å². The van der Waals surface area contributed by atoms with E-state index in [1.807, 2.05) is 29.2 Å². The van der Waals surface area contributed by atoms with Crippen LogP contribution in [0.4, 0.5) is 11.5 Å². The van der Waals surface area contributed by atoms with Gasteiger partial charge in [-0.05, 0) is 35.2 Å². The summed E-state index contributed by atoms with van der Waals surface area (Å²) < 4.78 is 0. The van der Waals surface area contributed by atoms with Crippen molar-refractivity contribution >= 4 is 29.1 Å². The van der Waals surface area contributed by atoms with Crippen LogP contribution in [0.15, 0.2) is 47.6 Å². The van der Waals surface area contributed by atoms with Crippen molar-refractivity contribution in [2.75, 3.05) is 31.1 Å². The molecule has 2 heterocycles. The molecule has 7 heteroatoms. The van der Waals surface area contributed by atoms with Gasteiger partial charge in [-0.25, -0.2) is 15.5 Å². The maximum absolute atomic E-state index is 9.58. The van der Waals surface area contributed by atoms with Gasteiger partial charge in [-0.3, -0.25) is 5.21 Å². The molecule has 1 saturated heterocycles. The Morgan fingerprint density at radius 1 is 1.11 bits per heavy atom. The SMILES string of the molecule is CC(C)(C)c1ccc(N=C(NO)N2CCN(c3ncccc3Cl)CC2)cc1. The fraction of sp³-hybridized carbons (Fsp3) is 0.400. The van der Waals surface area contributed by atoms with Crippen molar-refractivity contribution in [1.82, 2.24) is 15.4 Å². The van der Waals surface area contributed by atoms with E-state index < -0.39 is 0 Å². The number of anilines is 1. The van der Waals surface area contributed by atoms with Gasteiger partial charge in [0, 0.05) is 32.4 Å². The Hall–Kier alpha value is -2.31. The molecule has 1 fully saturated rings. The first-order chi connectivity index (χ1) is 12.9. The number of piperazine rings is 1. The quantitative estimate of drug-likeness (QED) is 0.466. The van der Waals surface area contributed by atoms with E-state index in [9.17, 15) is 5.21 Å². The van der Waals surface area contributed by atoms with E-state index in [0.717, 1.165) is 24.6 Å². The highest BCUT2D eigenvalue weighted by atomic mass is 35.5. The van der Waals surface area contributed by atoms with Crippen LogP contribution in [0.2, 0.25) is 5.02 Å². The molecule has 0 radical (unpaired) electrons. The van der Waals surface area contributed by atoms with Crippen molar-refractivity contribution in [3.63, 3.8) is 0 Å². The topological polar surface area (TPSA) is 64.0 Å². The lowest BCUT2D eigenvalue weighted by molar-refractivity contribution is 0.207. The Kier molecular flexibility index (Phi) is 5.87. The van der Waals surface area contributed by atoms with Crippen molar-refractivity contribution in [3.8, 4) is 0 Å². The zero-order chi connectivity index (χ0) is 19.4. The first-order valence-electron chi connectivity index (χ1n) is 9.08. The Morgan fingerprint density at radius 3 is 2.33 bits per heavy atom. The van der Waals surface area contributed by atoms with E-state index in [1.54, 1.807) is 6.20 Å². The fourth-order valence-corrected chi connectivity index (χ4v) is 3.31. The van der Waals surface area contributed by atoms with Crippen LogP contribution >= 0.6 is 11.6 Å². The second-order valence-electron chi connectivity index (χ2n) is 7.63. The maximum Gasteiger partial charge on any atom is 0.223 e. The van der Waals surface area contributed by atoms with Crippen molar-refractivity contribution < 1.29 is 5.21 Å². The van der Waals surface area contributed by atoms with Crippen LogP contribution in [0, 0.1) is 0 Å². The molecule has 144 valence electrons. The molecule has 0 spiro atoms. The highest BCUT2D eigenvalue weighted by Gasteiger charge is 2.22. The summed E-state index contributed by atoms with van der Waals surface area (Å²) in [6, 6.07) is 11.8. The Labute approximate surface area is 165 Å². The van der Waals surface area contributed by atoms with Gasteiger partial charge in [0.1, 0.15) is 5.82 Å². The van der Waals surface area contributed by atoms with Crippen LogP contribution in [0.25, 0.3) is 0 Å². The zero-order valence-corrected chi connectivity index (χ0v) is 16.7. The van der Waals surface area contributed by atoms with Crippen LogP contribution in [0.3, 0.4) is 0 Å². The van der Waals surface area contributed by atoms with Crippen molar-refractivity contribution in [2.45, 2.75) is 26.2 Å². The third-order valence-electron chi connectivity index (χ3n) is 4.69. The Bertz CT molecular complexity index is 793. The molecule has 2 N–H and O–H groups in total. The number of nitrogens with one attached hydrogen (secondary N) is 1. The van der Waals surface area contributed by atoms with Crippen molar-refractivity contribution in [2.24, 2.45) is 4.99 Å². The van der Waals surface area contributed by atoms with Gasteiger partial charge in [0.05, 0.1) is 10.7 Å². The monoisotopic (exact) mass is 387 g/mol. The molecule has 1 aromatic heterocycles. The predicted octanol–water partition coefficient (Wildman–Crippen LogP) is 3.82. The van der Waals surface area contributed by atoms with Gasteiger partial charge in [0.15, 0.2) is 0 Å². The van der Waals surface area contributed by atoms with Crippen molar-refractivity contribution in [1.29, 1.82) is 0 Å². The van der Waals surface area contributed by atoms with Crippen LogP contribution in [-0.2, 0) is 5.41 Å². The predicted molar refractivity (Wildman–Crippen MR) is 110 cm³/mol. The average molecular weight is 388 g/mol. The second kappa shape index (κ2) is 8.15. The van der Waals surface area contributed by atoms with Gasteiger partial charge < -0.3 is 9.80 Å². The van der Waals surface area contributed by atoms with Crippen LogP contribution in [0.1, 0.15) is 26.3 Å². The van der Waals surface area contributed by atoms with E-state index in [1.165, 1.54) is 5.56 Å². The second-order valence-corrected chi connectivity index (χ2v) is 8.03. The van der Waals surface area contributed by atoms with E-state index in [0.29, 0.717) is 24.1 Å². The number of benzene rings is 1. The number of hydrogen-bond acceptors (Lipinski definition) is 4. The normalized spacial score (nSPS) is 15.8. The standard InChI is InChI=1S/C20H26ClN5O/c1-20(2,3)15-6-8-16(9-7-15)23-19(24-27)26-13-11-25(12-14-26)18-17(21)5-4-10-22-18/h4-10,27H,11-14H2,1-3H3,(H,23,24). The molecule has 0 unspecified atom stereocenters. The zero-order valence-electron chi connectivity index (χ0n) is 16.0. The fourth-order valence-electron chi connectivity index (χ4n) is 3.06. The minimum absolute atomic E-state index is 0.101. The molecule has 0 aliphatic carbocycles.